The summed E-state index contributed by atoms with van der Waals surface area (Å²) in [5, 5.41) is 0. The fourth-order valence-electron chi connectivity index (χ4n) is 0.589. The zero-order chi connectivity index (χ0) is 6.57. The van der Waals surface area contributed by atoms with Gasteiger partial charge in [-0.1, -0.05) is 34.1 Å². The highest BCUT2D eigenvalue weighted by atomic mass is 14.1. The van der Waals surface area contributed by atoms with Crippen LogP contribution in [-0.4, -0.2) is 0 Å². The van der Waals surface area contributed by atoms with Gasteiger partial charge >= 0.3 is 0 Å². The molecular weight excluding hydrogens is 96.1 g/mol. The maximum absolute atomic E-state index is 2.33. The smallest absolute Gasteiger partial charge is 0.0272 e. The van der Waals surface area contributed by atoms with Crippen molar-refractivity contribution in [3.63, 3.8) is 0 Å². The van der Waals surface area contributed by atoms with E-state index in [1.54, 1.807) is 0 Å². The van der Waals surface area contributed by atoms with Gasteiger partial charge in [-0.15, -0.1) is 0 Å². The van der Waals surface area contributed by atoms with Crippen molar-refractivity contribution in [2.75, 3.05) is 0 Å². The summed E-state index contributed by atoms with van der Waals surface area (Å²) < 4.78 is 0. The van der Waals surface area contributed by atoms with Gasteiger partial charge in [0.2, 0.25) is 0 Å². The third kappa shape index (κ3) is 3.06. The molecule has 0 saturated heterocycles. The van der Waals surface area contributed by atoms with Gasteiger partial charge in [-0.3, -0.25) is 0 Å². The molecule has 48 valence electrons. The molecule has 1 atom stereocenters. The highest BCUT2D eigenvalue weighted by molar-refractivity contribution is 4.91. The molecule has 0 aliphatic heterocycles. The average Bonchev–Trinajstić information content (AvgIpc) is 1.67. The van der Waals surface area contributed by atoms with Gasteiger partial charge in [0.25, 0.3) is 0 Å². The summed E-state index contributed by atoms with van der Waals surface area (Å²) in [6.07, 6.45) is 3.52. The summed E-state index contributed by atoms with van der Waals surface area (Å²) in [5.74, 6) is 2.21. The van der Waals surface area contributed by atoms with E-state index in [2.05, 4.69) is 34.1 Å². The van der Waals surface area contributed by atoms with E-state index in [1.807, 2.05) is 0 Å². The van der Waals surface area contributed by atoms with Crippen LogP contribution in [0.15, 0.2) is 0 Å². The minimum absolute atomic E-state index is 0.708. The molecule has 0 nitrogen and oxygen atoms in total. The highest BCUT2D eigenvalue weighted by Gasteiger charge is 2.04. The van der Waals surface area contributed by atoms with Gasteiger partial charge < -0.3 is 0 Å². The Balaban J connectivity index is 3.17. The average molecular weight is 112 g/mol. The van der Waals surface area contributed by atoms with Crippen LogP contribution in [0.25, 0.3) is 0 Å². The molecule has 0 heterocycles. The standard InChI is InChI=1S/C8H16/c1-5-6-8(4)7(2)3/h6,8H,5H2,1-4H3. The Morgan fingerprint density at radius 3 is 2.12 bits per heavy atom. The predicted molar refractivity (Wildman–Crippen MR) is 38.3 cm³/mol. The number of rotatable bonds is 3. The van der Waals surface area contributed by atoms with Crippen molar-refractivity contribution in [1.29, 1.82) is 0 Å². The normalized spacial score (nSPS) is 14.6. The molecule has 0 rings (SSSR count). The monoisotopic (exact) mass is 112 g/mol. The van der Waals surface area contributed by atoms with E-state index < -0.39 is 0 Å². The van der Waals surface area contributed by atoms with Crippen molar-refractivity contribution in [2.24, 2.45) is 5.92 Å². The molecule has 0 fully saturated rings. The van der Waals surface area contributed by atoms with Crippen LogP contribution in [0.1, 0.15) is 34.1 Å². The molecular formula is C8H16. The Labute approximate surface area is 53.3 Å². The molecule has 0 amide bonds. The SMILES string of the molecule is CC[CH]C(C)[C](C)C. The van der Waals surface area contributed by atoms with Crippen molar-refractivity contribution >= 4 is 0 Å². The zero-order valence-electron chi connectivity index (χ0n) is 6.36. The first kappa shape index (κ1) is 8.00. The lowest BCUT2D eigenvalue weighted by Crippen LogP contribution is -2.00. The van der Waals surface area contributed by atoms with E-state index in [-0.39, 0.29) is 0 Å². The van der Waals surface area contributed by atoms with Crippen LogP contribution in [0.2, 0.25) is 0 Å². The highest BCUT2D eigenvalue weighted by Crippen LogP contribution is 2.15. The first-order valence-electron chi connectivity index (χ1n) is 3.31. The molecule has 8 heavy (non-hydrogen) atoms. The van der Waals surface area contributed by atoms with Crippen LogP contribution in [-0.2, 0) is 0 Å². The van der Waals surface area contributed by atoms with Gasteiger partial charge in [-0.2, -0.15) is 0 Å². The van der Waals surface area contributed by atoms with Crippen LogP contribution in [0.3, 0.4) is 0 Å². The fourth-order valence-corrected chi connectivity index (χ4v) is 0.589. The second-order valence-corrected chi connectivity index (χ2v) is 2.51. The van der Waals surface area contributed by atoms with Crippen molar-refractivity contribution in [2.45, 2.75) is 34.1 Å². The van der Waals surface area contributed by atoms with Crippen molar-refractivity contribution in [3.05, 3.63) is 12.3 Å². The molecule has 0 aromatic carbocycles. The van der Waals surface area contributed by atoms with Gasteiger partial charge in [-0.05, 0) is 18.3 Å². The molecule has 0 spiro atoms. The fraction of sp³-hybridized carbons (Fsp3) is 0.750. The maximum atomic E-state index is 2.33. The largest absolute Gasteiger partial charge is 0.0651 e. The van der Waals surface area contributed by atoms with E-state index in [9.17, 15) is 0 Å². The minimum Gasteiger partial charge on any atom is -0.0651 e. The molecule has 0 aliphatic carbocycles. The van der Waals surface area contributed by atoms with Crippen LogP contribution in [0.4, 0.5) is 0 Å². The Bertz CT molecular complexity index is 46.0. The lowest BCUT2D eigenvalue weighted by molar-refractivity contribution is 0.666. The van der Waals surface area contributed by atoms with Crippen LogP contribution in [0.5, 0.6) is 0 Å². The van der Waals surface area contributed by atoms with Crippen LogP contribution >= 0.6 is 0 Å². The first-order valence-corrected chi connectivity index (χ1v) is 3.31. The maximum Gasteiger partial charge on any atom is -0.0272 e. The Morgan fingerprint density at radius 1 is 1.50 bits per heavy atom. The lowest BCUT2D eigenvalue weighted by Gasteiger charge is -2.11. The Kier molecular flexibility index (Phi) is 3.94. The molecule has 1 unspecified atom stereocenters. The molecule has 0 saturated carbocycles. The molecule has 0 aliphatic rings. The molecule has 0 aromatic rings. The molecule has 0 N–H and O–H groups in total. The second kappa shape index (κ2) is 3.94. The van der Waals surface area contributed by atoms with E-state index in [0.717, 1.165) is 0 Å². The van der Waals surface area contributed by atoms with Crippen LogP contribution < -0.4 is 0 Å². The topological polar surface area (TPSA) is 0 Å². The van der Waals surface area contributed by atoms with E-state index in [4.69, 9.17) is 0 Å². The van der Waals surface area contributed by atoms with E-state index >= 15 is 0 Å². The second-order valence-electron chi connectivity index (χ2n) is 2.51. The van der Waals surface area contributed by atoms with Crippen LogP contribution in [0, 0.1) is 18.3 Å². The molecule has 2 radical (unpaired) electrons. The third-order valence-electron chi connectivity index (χ3n) is 1.50. The summed E-state index contributed by atoms with van der Waals surface area (Å²) in [7, 11) is 0. The molecule has 0 heteroatoms. The summed E-state index contributed by atoms with van der Waals surface area (Å²) in [6.45, 7) is 8.77. The van der Waals surface area contributed by atoms with Crippen molar-refractivity contribution in [3.8, 4) is 0 Å². The lowest BCUT2D eigenvalue weighted by atomic mass is 9.94. The van der Waals surface area contributed by atoms with Gasteiger partial charge in [0.05, 0.1) is 0 Å². The zero-order valence-corrected chi connectivity index (χ0v) is 6.36. The predicted octanol–water partition coefficient (Wildman–Crippen LogP) is 2.85. The van der Waals surface area contributed by atoms with E-state index in [0.29, 0.717) is 5.92 Å². The van der Waals surface area contributed by atoms with Gasteiger partial charge in [-0.25, -0.2) is 0 Å². The third-order valence-corrected chi connectivity index (χ3v) is 1.50. The van der Waals surface area contributed by atoms with Gasteiger partial charge in [0.15, 0.2) is 0 Å². The summed E-state index contributed by atoms with van der Waals surface area (Å²) in [6, 6.07) is 0. The van der Waals surface area contributed by atoms with E-state index in [1.165, 1.54) is 12.3 Å². The Hall–Kier alpha value is 0. The van der Waals surface area contributed by atoms with Gasteiger partial charge in [0, 0.05) is 0 Å². The quantitative estimate of drug-likeness (QED) is 0.526. The molecule has 0 bridgehead atoms. The summed E-state index contributed by atoms with van der Waals surface area (Å²) in [4.78, 5) is 0. The minimum atomic E-state index is 0.708. The van der Waals surface area contributed by atoms with Crippen molar-refractivity contribution in [1.82, 2.24) is 0 Å². The summed E-state index contributed by atoms with van der Waals surface area (Å²) >= 11 is 0. The Morgan fingerprint density at radius 2 is 2.00 bits per heavy atom. The van der Waals surface area contributed by atoms with Crippen molar-refractivity contribution < 1.29 is 0 Å². The molecule has 0 aromatic heterocycles. The number of hydrogen-bond acceptors (Lipinski definition) is 0. The van der Waals surface area contributed by atoms with Gasteiger partial charge in [0.1, 0.15) is 0 Å². The summed E-state index contributed by atoms with van der Waals surface area (Å²) in [5.41, 5.74) is 0. The first-order chi connectivity index (χ1) is 3.68. The number of hydrogen-bond donors (Lipinski definition) is 0.